The number of benzene rings is 1. The molecule has 0 aromatic heterocycles. The third-order valence-electron chi connectivity index (χ3n) is 3.86. The zero-order valence-electron chi connectivity index (χ0n) is 11.3. The first kappa shape index (κ1) is 14.4. The zero-order chi connectivity index (χ0) is 13.9. The lowest BCUT2D eigenvalue weighted by Crippen LogP contribution is -2.37. The second kappa shape index (κ2) is 5.58. The third-order valence-corrected chi connectivity index (χ3v) is 6.50. The molecule has 1 unspecified atom stereocenters. The number of carbonyl (C=O) groups is 1. The predicted octanol–water partition coefficient (Wildman–Crippen LogP) is 3.21. The normalized spacial score (nSPS) is 23.8. The van der Waals surface area contributed by atoms with Crippen molar-refractivity contribution in [2.24, 2.45) is 0 Å². The molecule has 19 heavy (non-hydrogen) atoms. The van der Waals surface area contributed by atoms with Crippen LogP contribution in [0.3, 0.4) is 0 Å². The largest absolute Gasteiger partial charge is 0.343 e. The van der Waals surface area contributed by atoms with E-state index in [1.54, 1.807) is 0 Å². The first-order valence-corrected chi connectivity index (χ1v) is 7.91. The third kappa shape index (κ3) is 2.40. The second-order valence-electron chi connectivity index (χ2n) is 4.83. The van der Waals surface area contributed by atoms with Gasteiger partial charge in [0.1, 0.15) is 5.16 Å². The number of hydrogen-bond acceptors (Lipinski definition) is 4. The summed E-state index contributed by atoms with van der Waals surface area (Å²) in [6, 6.07) is 9.60. The molecule has 0 radical (unpaired) electrons. The van der Waals surface area contributed by atoms with Crippen molar-refractivity contribution in [3.05, 3.63) is 35.9 Å². The Bertz CT molecular complexity index is 491. The van der Waals surface area contributed by atoms with Crippen molar-refractivity contribution in [1.29, 1.82) is 0 Å². The van der Waals surface area contributed by atoms with Gasteiger partial charge in [0, 0.05) is 20.6 Å². The molecule has 1 aliphatic carbocycles. The van der Waals surface area contributed by atoms with Gasteiger partial charge in [-0.3, -0.25) is 9.36 Å². The maximum atomic E-state index is 12.8. The molecule has 2 rings (SSSR count). The smallest absolute Gasteiger partial charge is 0.311 e. The van der Waals surface area contributed by atoms with Crippen molar-refractivity contribution in [2.45, 2.75) is 30.8 Å². The fourth-order valence-corrected chi connectivity index (χ4v) is 4.92. The van der Waals surface area contributed by atoms with Gasteiger partial charge in [-0.05, 0) is 24.8 Å². The van der Waals surface area contributed by atoms with Gasteiger partial charge in [0.25, 0.3) is 0 Å². The van der Waals surface area contributed by atoms with Crippen molar-refractivity contribution in [2.75, 3.05) is 14.2 Å². The first-order chi connectivity index (χ1) is 9.08. The Balaban J connectivity index is 2.42. The standard InChI is InChI=1S/C14H19O4P/c1-17-19(16,18-2)14(10-6-9-13(14)15)11-12-7-4-3-5-8-12/h3-5,7-8H,6,9-11H2,1-2H3. The Labute approximate surface area is 113 Å². The molecule has 1 aromatic rings. The highest BCUT2D eigenvalue weighted by atomic mass is 31.2. The van der Waals surface area contributed by atoms with Crippen LogP contribution in [-0.4, -0.2) is 25.2 Å². The van der Waals surface area contributed by atoms with Gasteiger partial charge in [0.15, 0.2) is 5.78 Å². The molecule has 0 heterocycles. The lowest BCUT2D eigenvalue weighted by atomic mass is 9.96. The highest BCUT2D eigenvalue weighted by molar-refractivity contribution is 7.56. The van der Waals surface area contributed by atoms with E-state index in [2.05, 4.69) is 0 Å². The summed E-state index contributed by atoms with van der Waals surface area (Å²) in [5.74, 6) is -0.0108. The van der Waals surface area contributed by atoms with Gasteiger partial charge in [-0.2, -0.15) is 0 Å². The Hall–Kier alpha value is -0.960. The van der Waals surface area contributed by atoms with Crippen LogP contribution in [0, 0.1) is 0 Å². The molecule has 0 N–H and O–H groups in total. The monoisotopic (exact) mass is 282 g/mol. The lowest BCUT2D eigenvalue weighted by Gasteiger charge is -2.33. The van der Waals surface area contributed by atoms with E-state index in [4.69, 9.17) is 9.05 Å². The van der Waals surface area contributed by atoms with Crippen LogP contribution in [-0.2, 0) is 24.8 Å². The average Bonchev–Trinajstić information content (AvgIpc) is 2.81. The van der Waals surface area contributed by atoms with Crippen molar-refractivity contribution in [1.82, 2.24) is 0 Å². The summed E-state index contributed by atoms with van der Waals surface area (Å²) in [5.41, 5.74) is 0.979. The topological polar surface area (TPSA) is 52.6 Å². The Morgan fingerprint density at radius 1 is 1.21 bits per heavy atom. The van der Waals surface area contributed by atoms with Crippen LogP contribution in [0.15, 0.2) is 30.3 Å². The number of rotatable bonds is 5. The Morgan fingerprint density at radius 2 is 1.84 bits per heavy atom. The van der Waals surface area contributed by atoms with E-state index < -0.39 is 12.8 Å². The van der Waals surface area contributed by atoms with Gasteiger partial charge >= 0.3 is 7.60 Å². The van der Waals surface area contributed by atoms with Crippen LogP contribution in [0.5, 0.6) is 0 Å². The SMILES string of the molecule is COP(=O)(OC)C1(Cc2ccccc2)CCCC1=O. The van der Waals surface area contributed by atoms with E-state index in [9.17, 15) is 9.36 Å². The molecule has 5 heteroatoms. The van der Waals surface area contributed by atoms with E-state index in [1.165, 1.54) is 14.2 Å². The summed E-state index contributed by atoms with van der Waals surface area (Å²) in [6.45, 7) is 0. The van der Waals surface area contributed by atoms with Gasteiger partial charge in [-0.15, -0.1) is 0 Å². The van der Waals surface area contributed by atoms with Crippen LogP contribution in [0.2, 0.25) is 0 Å². The molecule has 0 saturated heterocycles. The van der Waals surface area contributed by atoms with Crippen molar-refractivity contribution >= 4 is 13.4 Å². The maximum Gasteiger partial charge on any atom is 0.343 e. The van der Waals surface area contributed by atoms with Crippen LogP contribution in [0.25, 0.3) is 0 Å². The zero-order valence-corrected chi connectivity index (χ0v) is 12.2. The fraction of sp³-hybridized carbons (Fsp3) is 0.500. The van der Waals surface area contributed by atoms with Gasteiger partial charge in [0.2, 0.25) is 0 Å². The summed E-state index contributed by atoms with van der Waals surface area (Å²) in [7, 11) is -0.731. The maximum absolute atomic E-state index is 12.8. The van der Waals surface area contributed by atoms with Gasteiger partial charge in [0.05, 0.1) is 0 Å². The highest BCUT2D eigenvalue weighted by Gasteiger charge is 2.57. The highest BCUT2D eigenvalue weighted by Crippen LogP contribution is 2.64. The second-order valence-corrected chi connectivity index (χ2v) is 7.41. The minimum absolute atomic E-state index is 0.0108. The van der Waals surface area contributed by atoms with E-state index in [-0.39, 0.29) is 5.78 Å². The molecule has 1 atom stereocenters. The first-order valence-electron chi connectivity index (χ1n) is 6.37. The minimum Gasteiger partial charge on any atom is -0.311 e. The van der Waals surface area contributed by atoms with Crippen LogP contribution >= 0.6 is 7.60 Å². The van der Waals surface area contributed by atoms with Crippen LogP contribution in [0.4, 0.5) is 0 Å². The Kier molecular flexibility index (Phi) is 4.24. The molecule has 1 fully saturated rings. The summed E-state index contributed by atoms with van der Waals surface area (Å²) in [4.78, 5) is 12.3. The molecule has 1 aliphatic rings. The molecule has 0 aliphatic heterocycles. The van der Waals surface area contributed by atoms with E-state index in [1.807, 2.05) is 30.3 Å². The molecule has 0 bridgehead atoms. The Morgan fingerprint density at radius 3 is 2.32 bits per heavy atom. The van der Waals surface area contributed by atoms with Crippen LogP contribution < -0.4 is 0 Å². The molecule has 1 saturated carbocycles. The van der Waals surface area contributed by atoms with Gasteiger partial charge < -0.3 is 9.05 Å². The molecular weight excluding hydrogens is 263 g/mol. The number of ketones is 1. The van der Waals surface area contributed by atoms with Gasteiger partial charge in [-0.1, -0.05) is 30.3 Å². The number of hydrogen-bond donors (Lipinski definition) is 0. The molecule has 4 nitrogen and oxygen atoms in total. The molecular formula is C14H19O4P. The molecule has 0 spiro atoms. The van der Waals surface area contributed by atoms with Crippen molar-refractivity contribution < 1.29 is 18.4 Å². The number of carbonyl (C=O) groups excluding carboxylic acids is 1. The fourth-order valence-electron chi connectivity index (χ4n) is 2.84. The molecule has 104 valence electrons. The van der Waals surface area contributed by atoms with E-state index in [0.717, 1.165) is 12.0 Å². The molecule has 0 amide bonds. The summed E-state index contributed by atoms with van der Waals surface area (Å²) < 4.78 is 23.1. The van der Waals surface area contributed by atoms with E-state index in [0.29, 0.717) is 19.3 Å². The number of Topliss-reactive ketones (excluding diaryl/α,β-unsaturated/α-hetero) is 1. The minimum atomic E-state index is -3.43. The predicted molar refractivity (Wildman–Crippen MR) is 73.4 cm³/mol. The summed E-state index contributed by atoms with van der Waals surface area (Å²) in [5, 5.41) is -1.02. The van der Waals surface area contributed by atoms with Gasteiger partial charge in [-0.25, -0.2) is 0 Å². The van der Waals surface area contributed by atoms with Crippen LogP contribution in [0.1, 0.15) is 24.8 Å². The summed E-state index contributed by atoms with van der Waals surface area (Å²) >= 11 is 0. The van der Waals surface area contributed by atoms with Crippen molar-refractivity contribution in [3.8, 4) is 0 Å². The lowest BCUT2D eigenvalue weighted by molar-refractivity contribution is -0.120. The molecule has 1 aromatic carbocycles. The van der Waals surface area contributed by atoms with E-state index >= 15 is 0 Å². The average molecular weight is 282 g/mol. The quantitative estimate of drug-likeness (QED) is 0.778. The summed E-state index contributed by atoms with van der Waals surface area (Å²) in [6.07, 6.45) is 2.15. The van der Waals surface area contributed by atoms with Crippen molar-refractivity contribution in [3.63, 3.8) is 0 Å².